The number of nitrogens with zero attached hydrogens (tertiary/aromatic N) is 4. The van der Waals surface area contributed by atoms with Crippen molar-refractivity contribution in [2.24, 2.45) is 14.1 Å². The maximum Gasteiger partial charge on any atom is 0.373 e. The quantitative estimate of drug-likeness (QED) is 0.256. The standard InChI is InChI=1S/C21H17FN4O5S/c1-25-17-15(19(27)26(2)21(25)29)18(24-16(23-17)11-4-6-12(22)7-5-11)32-10-13-8-9-14(31-13)20(28)30-3/h4-9H,10H2,1-3H3. The molecule has 0 amide bonds. The van der Waals surface area contributed by atoms with Crippen molar-refractivity contribution in [3.63, 3.8) is 0 Å². The third kappa shape index (κ3) is 3.82. The molecule has 4 rings (SSSR count). The number of esters is 1. The van der Waals surface area contributed by atoms with Gasteiger partial charge >= 0.3 is 11.7 Å². The normalized spacial score (nSPS) is 11.1. The van der Waals surface area contributed by atoms with Crippen LogP contribution in [0.25, 0.3) is 22.4 Å². The maximum absolute atomic E-state index is 13.4. The summed E-state index contributed by atoms with van der Waals surface area (Å²) in [6, 6.07) is 8.69. The molecule has 0 spiro atoms. The molecule has 0 saturated carbocycles. The highest BCUT2D eigenvalue weighted by molar-refractivity contribution is 7.98. The van der Waals surface area contributed by atoms with Crippen LogP contribution in [0.4, 0.5) is 4.39 Å². The molecule has 1 aromatic carbocycles. The largest absolute Gasteiger partial charge is 0.463 e. The molecular weight excluding hydrogens is 439 g/mol. The fraction of sp³-hybridized carbons (Fsp3) is 0.190. The summed E-state index contributed by atoms with van der Waals surface area (Å²) in [5.74, 6) is -0.00954. The Morgan fingerprint density at radius 1 is 1.09 bits per heavy atom. The number of rotatable bonds is 5. The monoisotopic (exact) mass is 456 g/mol. The lowest BCUT2D eigenvalue weighted by molar-refractivity contribution is 0.0563. The van der Waals surface area contributed by atoms with E-state index in [9.17, 15) is 18.8 Å². The van der Waals surface area contributed by atoms with E-state index in [-0.39, 0.29) is 28.4 Å². The summed E-state index contributed by atoms with van der Waals surface area (Å²) in [5.41, 5.74) is -0.388. The number of ether oxygens (including phenoxy) is 1. The van der Waals surface area contributed by atoms with E-state index in [1.165, 1.54) is 67.9 Å². The van der Waals surface area contributed by atoms with Crippen LogP contribution in [-0.4, -0.2) is 32.2 Å². The molecule has 4 aromatic rings. The highest BCUT2D eigenvalue weighted by Gasteiger charge is 2.19. The zero-order valence-electron chi connectivity index (χ0n) is 17.3. The van der Waals surface area contributed by atoms with E-state index in [2.05, 4.69) is 14.7 Å². The fourth-order valence-electron chi connectivity index (χ4n) is 3.07. The zero-order valence-corrected chi connectivity index (χ0v) is 18.1. The number of carbonyl (C=O) groups excluding carboxylic acids is 1. The van der Waals surface area contributed by atoms with Crippen LogP contribution in [0.3, 0.4) is 0 Å². The lowest BCUT2D eigenvalue weighted by atomic mass is 10.2. The van der Waals surface area contributed by atoms with Crippen molar-refractivity contribution in [1.29, 1.82) is 0 Å². The van der Waals surface area contributed by atoms with Gasteiger partial charge in [0.1, 0.15) is 22.0 Å². The summed E-state index contributed by atoms with van der Waals surface area (Å²) in [6.45, 7) is 0. The molecular formula is C21H17FN4O5S. The van der Waals surface area contributed by atoms with Crippen LogP contribution >= 0.6 is 11.8 Å². The average Bonchev–Trinajstić information content (AvgIpc) is 3.28. The summed E-state index contributed by atoms with van der Waals surface area (Å²) >= 11 is 1.19. The molecule has 11 heteroatoms. The molecule has 3 aromatic heterocycles. The average molecular weight is 456 g/mol. The summed E-state index contributed by atoms with van der Waals surface area (Å²) in [5, 5.41) is 0.492. The van der Waals surface area contributed by atoms with Gasteiger partial charge in [0.25, 0.3) is 5.56 Å². The molecule has 0 N–H and O–H groups in total. The maximum atomic E-state index is 13.4. The first-order valence-electron chi connectivity index (χ1n) is 9.33. The van der Waals surface area contributed by atoms with E-state index < -0.39 is 23.0 Å². The van der Waals surface area contributed by atoms with Gasteiger partial charge in [0.2, 0.25) is 5.76 Å². The Morgan fingerprint density at radius 2 is 1.81 bits per heavy atom. The van der Waals surface area contributed by atoms with Gasteiger partial charge in [-0.2, -0.15) is 0 Å². The molecule has 0 bridgehead atoms. The third-order valence-corrected chi connectivity index (χ3v) is 5.77. The Labute approximate surface area is 184 Å². The van der Waals surface area contributed by atoms with Crippen molar-refractivity contribution in [2.75, 3.05) is 7.11 Å². The smallest absolute Gasteiger partial charge is 0.373 e. The van der Waals surface area contributed by atoms with Gasteiger partial charge in [-0.25, -0.2) is 23.9 Å². The van der Waals surface area contributed by atoms with E-state index >= 15 is 0 Å². The highest BCUT2D eigenvalue weighted by atomic mass is 32.2. The van der Waals surface area contributed by atoms with Crippen molar-refractivity contribution in [1.82, 2.24) is 19.1 Å². The van der Waals surface area contributed by atoms with E-state index in [4.69, 9.17) is 4.42 Å². The van der Waals surface area contributed by atoms with Crippen LogP contribution in [0.15, 0.2) is 55.4 Å². The molecule has 0 aliphatic rings. The molecule has 0 aliphatic carbocycles. The number of thioether (sulfide) groups is 1. The van der Waals surface area contributed by atoms with E-state index in [1.807, 2.05) is 0 Å². The molecule has 0 fully saturated rings. The van der Waals surface area contributed by atoms with Gasteiger partial charge in [0.15, 0.2) is 11.5 Å². The fourth-order valence-corrected chi connectivity index (χ4v) is 3.97. The Kier molecular flexibility index (Phi) is 5.66. The number of aromatic nitrogens is 4. The zero-order chi connectivity index (χ0) is 23.0. The Balaban J connectivity index is 1.84. The predicted octanol–water partition coefficient (Wildman–Crippen LogP) is 2.51. The van der Waals surface area contributed by atoms with Crippen LogP contribution in [0.5, 0.6) is 0 Å². The first-order valence-corrected chi connectivity index (χ1v) is 10.3. The van der Waals surface area contributed by atoms with E-state index in [0.29, 0.717) is 16.3 Å². The second kappa shape index (κ2) is 8.42. The number of hydrogen-bond donors (Lipinski definition) is 0. The molecule has 0 unspecified atom stereocenters. The first-order chi connectivity index (χ1) is 15.3. The van der Waals surface area contributed by atoms with Crippen LogP contribution in [0.1, 0.15) is 16.3 Å². The Bertz CT molecular complexity index is 1460. The topological polar surface area (TPSA) is 109 Å². The third-order valence-electron chi connectivity index (χ3n) is 4.77. The van der Waals surface area contributed by atoms with Gasteiger partial charge in [-0.1, -0.05) is 11.8 Å². The molecule has 9 nitrogen and oxygen atoms in total. The SMILES string of the molecule is COC(=O)c1ccc(CSc2nc(-c3ccc(F)cc3)nc3c2c(=O)n(C)c(=O)n3C)o1. The highest BCUT2D eigenvalue weighted by Crippen LogP contribution is 2.29. The number of benzene rings is 1. The molecule has 3 heterocycles. The Morgan fingerprint density at radius 3 is 2.50 bits per heavy atom. The minimum Gasteiger partial charge on any atom is -0.463 e. The lowest BCUT2D eigenvalue weighted by Gasteiger charge is -2.11. The van der Waals surface area contributed by atoms with Crippen LogP contribution in [-0.2, 0) is 24.6 Å². The molecule has 164 valence electrons. The molecule has 0 atom stereocenters. The number of fused-ring (bicyclic) bond motifs is 1. The number of furan rings is 1. The number of hydrogen-bond acceptors (Lipinski definition) is 8. The van der Waals surface area contributed by atoms with Gasteiger partial charge in [0.05, 0.1) is 12.9 Å². The predicted molar refractivity (Wildman–Crippen MR) is 115 cm³/mol. The van der Waals surface area contributed by atoms with Crippen molar-refractivity contribution in [3.8, 4) is 11.4 Å². The first kappa shape index (κ1) is 21.5. The van der Waals surface area contributed by atoms with E-state index in [1.54, 1.807) is 6.07 Å². The summed E-state index contributed by atoms with van der Waals surface area (Å²) in [4.78, 5) is 45.8. The summed E-state index contributed by atoms with van der Waals surface area (Å²) in [6.07, 6.45) is 0. The van der Waals surface area contributed by atoms with Gasteiger partial charge < -0.3 is 9.15 Å². The summed E-state index contributed by atoms with van der Waals surface area (Å²) in [7, 11) is 4.14. The van der Waals surface area contributed by atoms with Gasteiger partial charge in [-0.05, 0) is 36.4 Å². The Hall–Kier alpha value is -3.73. The van der Waals surface area contributed by atoms with Crippen LogP contribution in [0, 0.1) is 5.82 Å². The summed E-state index contributed by atoms with van der Waals surface area (Å²) < 4.78 is 25.7. The molecule has 0 radical (unpaired) electrons. The van der Waals surface area contributed by atoms with E-state index in [0.717, 1.165) is 4.57 Å². The molecule has 32 heavy (non-hydrogen) atoms. The second-order valence-electron chi connectivity index (χ2n) is 6.81. The van der Waals surface area contributed by atoms with Crippen molar-refractivity contribution in [2.45, 2.75) is 10.8 Å². The van der Waals surface area contributed by atoms with Crippen molar-refractivity contribution in [3.05, 3.63) is 74.6 Å². The second-order valence-corrected chi connectivity index (χ2v) is 7.77. The number of carbonyl (C=O) groups is 1. The van der Waals surface area contributed by atoms with Gasteiger partial charge in [0, 0.05) is 19.7 Å². The number of halogens is 1. The van der Waals surface area contributed by atoms with Crippen molar-refractivity contribution < 1.29 is 18.3 Å². The van der Waals surface area contributed by atoms with Gasteiger partial charge in [-0.3, -0.25) is 13.9 Å². The molecule has 0 saturated heterocycles. The number of methoxy groups -OCH3 is 1. The van der Waals surface area contributed by atoms with Gasteiger partial charge in [-0.15, -0.1) is 0 Å². The number of aryl methyl sites for hydroxylation is 1. The lowest BCUT2D eigenvalue weighted by Crippen LogP contribution is -2.37. The van der Waals surface area contributed by atoms with Crippen LogP contribution < -0.4 is 11.2 Å². The van der Waals surface area contributed by atoms with Crippen molar-refractivity contribution >= 4 is 28.8 Å². The van der Waals surface area contributed by atoms with Crippen LogP contribution in [0.2, 0.25) is 0 Å². The minimum absolute atomic E-state index is 0.0564. The molecule has 0 aliphatic heterocycles. The minimum atomic E-state index is -0.601.